The Balaban J connectivity index is 2.11. The molecule has 0 aliphatic rings. The van der Waals surface area contributed by atoms with Crippen molar-refractivity contribution in [2.45, 2.75) is 13.5 Å². The van der Waals surface area contributed by atoms with Crippen LogP contribution >= 0.6 is 23.2 Å². The van der Waals surface area contributed by atoms with Crippen molar-refractivity contribution >= 4 is 28.9 Å². The monoisotopic (exact) mass is 281 g/mol. The number of phenolic OH excluding ortho intramolecular Hbond substituents is 1. The van der Waals surface area contributed by atoms with Gasteiger partial charge in [-0.2, -0.15) is 0 Å². The van der Waals surface area contributed by atoms with Crippen LogP contribution in [0.25, 0.3) is 0 Å². The van der Waals surface area contributed by atoms with Gasteiger partial charge in [0.2, 0.25) is 0 Å². The third kappa shape index (κ3) is 3.09. The third-order valence-corrected chi connectivity index (χ3v) is 3.36. The van der Waals surface area contributed by atoms with Crippen LogP contribution in [0, 0.1) is 6.92 Å². The van der Waals surface area contributed by atoms with Crippen molar-refractivity contribution in [3.8, 4) is 5.75 Å². The molecule has 2 aromatic carbocycles. The van der Waals surface area contributed by atoms with Crippen molar-refractivity contribution in [2.24, 2.45) is 0 Å². The third-order valence-electron chi connectivity index (χ3n) is 2.62. The Hall–Kier alpha value is -1.38. The van der Waals surface area contributed by atoms with Gasteiger partial charge >= 0.3 is 0 Å². The first-order chi connectivity index (χ1) is 8.56. The molecular formula is C14H13Cl2NO. The Kier molecular flexibility index (Phi) is 4.00. The number of hydrogen-bond donors (Lipinski definition) is 2. The van der Waals surface area contributed by atoms with E-state index in [4.69, 9.17) is 23.2 Å². The van der Waals surface area contributed by atoms with E-state index in [-0.39, 0.29) is 5.75 Å². The van der Waals surface area contributed by atoms with Crippen LogP contribution in [-0.2, 0) is 6.54 Å². The van der Waals surface area contributed by atoms with Gasteiger partial charge in [0.1, 0.15) is 5.75 Å². The molecule has 2 aromatic rings. The maximum absolute atomic E-state index is 9.70. The Labute approximate surface area is 116 Å². The standard InChI is InChI=1S/C14H13Cl2NO/c1-9-2-5-14(18)13(6-9)17-8-10-3-4-11(15)12(16)7-10/h2-7,17-18H,8H2,1H3. The van der Waals surface area contributed by atoms with Crippen molar-refractivity contribution in [1.82, 2.24) is 0 Å². The lowest BCUT2D eigenvalue weighted by molar-refractivity contribution is 0.477. The summed E-state index contributed by atoms with van der Waals surface area (Å²) in [5.41, 5.74) is 2.80. The molecule has 2 N–H and O–H groups in total. The van der Waals surface area contributed by atoms with Gasteiger partial charge in [-0.05, 0) is 42.3 Å². The van der Waals surface area contributed by atoms with E-state index in [0.29, 0.717) is 22.3 Å². The molecule has 94 valence electrons. The van der Waals surface area contributed by atoms with Crippen LogP contribution in [0.5, 0.6) is 5.75 Å². The number of hydrogen-bond acceptors (Lipinski definition) is 2. The van der Waals surface area contributed by atoms with Gasteiger partial charge in [0.05, 0.1) is 15.7 Å². The number of rotatable bonds is 3. The molecular weight excluding hydrogens is 269 g/mol. The van der Waals surface area contributed by atoms with E-state index in [1.54, 1.807) is 12.1 Å². The van der Waals surface area contributed by atoms with Crippen LogP contribution in [0.4, 0.5) is 5.69 Å². The number of benzene rings is 2. The van der Waals surface area contributed by atoms with Gasteiger partial charge in [-0.3, -0.25) is 0 Å². The molecule has 0 bridgehead atoms. The molecule has 0 amide bonds. The molecule has 0 aliphatic carbocycles. The molecule has 0 spiro atoms. The van der Waals surface area contributed by atoms with E-state index >= 15 is 0 Å². The zero-order valence-electron chi connectivity index (χ0n) is 9.87. The van der Waals surface area contributed by atoms with Crippen LogP contribution in [0.2, 0.25) is 10.0 Å². The number of aryl methyl sites for hydroxylation is 1. The number of halogens is 2. The van der Waals surface area contributed by atoms with Crippen molar-refractivity contribution in [3.63, 3.8) is 0 Å². The summed E-state index contributed by atoms with van der Waals surface area (Å²) in [7, 11) is 0. The second kappa shape index (κ2) is 5.51. The van der Waals surface area contributed by atoms with Crippen molar-refractivity contribution < 1.29 is 5.11 Å². The Morgan fingerprint density at radius 3 is 2.56 bits per heavy atom. The fourth-order valence-corrected chi connectivity index (χ4v) is 1.96. The maximum atomic E-state index is 9.70. The summed E-state index contributed by atoms with van der Waals surface area (Å²) in [6, 6.07) is 10.9. The lowest BCUT2D eigenvalue weighted by Crippen LogP contribution is -1.99. The molecule has 2 rings (SSSR count). The highest BCUT2D eigenvalue weighted by Gasteiger charge is 2.03. The molecule has 0 saturated heterocycles. The van der Waals surface area contributed by atoms with E-state index in [1.807, 2.05) is 31.2 Å². The first-order valence-corrected chi connectivity index (χ1v) is 6.29. The molecule has 0 fully saturated rings. The molecule has 18 heavy (non-hydrogen) atoms. The van der Waals surface area contributed by atoms with Crippen LogP contribution in [0.3, 0.4) is 0 Å². The first-order valence-electron chi connectivity index (χ1n) is 5.53. The summed E-state index contributed by atoms with van der Waals surface area (Å²) < 4.78 is 0. The molecule has 0 aromatic heterocycles. The normalized spacial score (nSPS) is 10.4. The van der Waals surface area contributed by atoms with Gasteiger partial charge in [0.25, 0.3) is 0 Å². The SMILES string of the molecule is Cc1ccc(O)c(NCc2ccc(Cl)c(Cl)c2)c1. The Bertz CT molecular complexity index is 570. The van der Waals surface area contributed by atoms with Crippen LogP contribution in [-0.4, -0.2) is 5.11 Å². The second-order valence-corrected chi connectivity index (χ2v) is 4.94. The van der Waals surface area contributed by atoms with Crippen LogP contribution < -0.4 is 5.32 Å². The minimum Gasteiger partial charge on any atom is -0.506 e. The summed E-state index contributed by atoms with van der Waals surface area (Å²) in [6.45, 7) is 2.55. The van der Waals surface area contributed by atoms with Crippen LogP contribution in [0.1, 0.15) is 11.1 Å². The first kappa shape index (κ1) is 13.1. The van der Waals surface area contributed by atoms with Gasteiger partial charge in [0.15, 0.2) is 0 Å². The molecule has 0 aliphatic heterocycles. The van der Waals surface area contributed by atoms with E-state index in [2.05, 4.69) is 5.32 Å². The molecule has 0 atom stereocenters. The predicted molar refractivity (Wildman–Crippen MR) is 76.6 cm³/mol. The number of phenols is 1. The van der Waals surface area contributed by atoms with Crippen molar-refractivity contribution in [2.75, 3.05) is 5.32 Å². The lowest BCUT2D eigenvalue weighted by Gasteiger charge is -2.10. The van der Waals surface area contributed by atoms with Gasteiger partial charge in [0, 0.05) is 6.54 Å². The van der Waals surface area contributed by atoms with E-state index < -0.39 is 0 Å². The predicted octanol–water partition coefficient (Wildman–Crippen LogP) is 4.62. The highest BCUT2D eigenvalue weighted by Crippen LogP contribution is 2.26. The van der Waals surface area contributed by atoms with E-state index in [0.717, 1.165) is 11.1 Å². The van der Waals surface area contributed by atoms with Gasteiger partial charge in [-0.1, -0.05) is 35.3 Å². The largest absolute Gasteiger partial charge is 0.506 e. The molecule has 4 heteroatoms. The molecule has 0 unspecified atom stereocenters. The summed E-state index contributed by atoms with van der Waals surface area (Å²) in [6.07, 6.45) is 0. The quantitative estimate of drug-likeness (QED) is 0.805. The zero-order chi connectivity index (χ0) is 13.1. The van der Waals surface area contributed by atoms with Gasteiger partial charge in [-0.15, -0.1) is 0 Å². The molecule has 0 heterocycles. The molecule has 2 nitrogen and oxygen atoms in total. The van der Waals surface area contributed by atoms with Crippen LogP contribution in [0.15, 0.2) is 36.4 Å². The van der Waals surface area contributed by atoms with E-state index in [1.165, 1.54) is 0 Å². The zero-order valence-corrected chi connectivity index (χ0v) is 11.4. The Morgan fingerprint density at radius 1 is 1.06 bits per heavy atom. The summed E-state index contributed by atoms with van der Waals surface area (Å²) >= 11 is 11.8. The van der Waals surface area contributed by atoms with Crippen molar-refractivity contribution in [1.29, 1.82) is 0 Å². The van der Waals surface area contributed by atoms with Crippen molar-refractivity contribution in [3.05, 3.63) is 57.6 Å². The fraction of sp³-hybridized carbons (Fsp3) is 0.143. The average molecular weight is 282 g/mol. The second-order valence-electron chi connectivity index (χ2n) is 4.12. The van der Waals surface area contributed by atoms with Gasteiger partial charge in [-0.25, -0.2) is 0 Å². The number of nitrogens with one attached hydrogen (secondary N) is 1. The number of aromatic hydroxyl groups is 1. The van der Waals surface area contributed by atoms with E-state index in [9.17, 15) is 5.11 Å². The highest BCUT2D eigenvalue weighted by molar-refractivity contribution is 6.42. The Morgan fingerprint density at radius 2 is 1.83 bits per heavy atom. The topological polar surface area (TPSA) is 32.3 Å². The summed E-state index contributed by atoms with van der Waals surface area (Å²) in [5.74, 6) is 0.237. The lowest BCUT2D eigenvalue weighted by atomic mass is 10.2. The molecule has 0 radical (unpaired) electrons. The smallest absolute Gasteiger partial charge is 0.138 e. The summed E-state index contributed by atoms with van der Waals surface area (Å²) in [4.78, 5) is 0. The number of anilines is 1. The summed E-state index contributed by atoms with van der Waals surface area (Å²) in [5, 5.41) is 13.9. The highest BCUT2D eigenvalue weighted by atomic mass is 35.5. The minimum atomic E-state index is 0.237. The fourth-order valence-electron chi connectivity index (χ4n) is 1.64. The van der Waals surface area contributed by atoms with Gasteiger partial charge < -0.3 is 10.4 Å². The maximum Gasteiger partial charge on any atom is 0.138 e. The molecule has 0 saturated carbocycles. The minimum absolute atomic E-state index is 0.237. The average Bonchev–Trinajstić information content (AvgIpc) is 2.34.